The molecule has 2 aromatic carbocycles. The predicted molar refractivity (Wildman–Crippen MR) is 109 cm³/mol. The molecule has 0 bridgehead atoms. The number of halogens is 1. The number of hydrogen-bond acceptors (Lipinski definition) is 7. The summed E-state index contributed by atoms with van der Waals surface area (Å²) in [5.41, 5.74) is 2.68. The molecule has 28 heavy (non-hydrogen) atoms. The highest BCUT2D eigenvalue weighted by molar-refractivity contribution is 9.10. The second kappa shape index (κ2) is 9.70. The second-order valence-corrected chi connectivity index (χ2v) is 6.59. The normalized spacial score (nSPS) is 11.8. The number of anilines is 1. The van der Waals surface area contributed by atoms with E-state index in [1.54, 1.807) is 31.2 Å². The average molecular weight is 451 g/mol. The zero-order chi connectivity index (χ0) is 20.7. The highest BCUT2D eigenvalue weighted by atomic mass is 79.9. The summed E-state index contributed by atoms with van der Waals surface area (Å²) in [4.78, 5) is 22.4. The Labute approximate surface area is 169 Å². The minimum Gasteiger partial charge on any atom is -0.502 e. The molecule has 1 atom stereocenters. The SMILES string of the molecule is CCOc1ccc(N[C@H](C)C(=O)N/N=C\c2cc(Br)cc([N+](=O)[O-])c2O)cc1. The van der Waals surface area contributed by atoms with Crippen LogP contribution in [0, 0.1) is 10.1 Å². The van der Waals surface area contributed by atoms with Gasteiger partial charge in [-0.3, -0.25) is 14.9 Å². The van der Waals surface area contributed by atoms with E-state index in [9.17, 15) is 20.0 Å². The molecule has 0 unspecified atom stereocenters. The molecule has 0 saturated heterocycles. The van der Waals surface area contributed by atoms with Crippen molar-refractivity contribution in [3.8, 4) is 11.5 Å². The number of carbonyl (C=O) groups is 1. The number of phenols is 1. The molecule has 0 aliphatic carbocycles. The number of nitro groups is 1. The minimum atomic E-state index is -0.709. The minimum absolute atomic E-state index is 0.0912. The lowest BCUT2D eigenvalue weighted by Gasteiger charge is -2.14. The van der Waals surface area contributed by atoms with Gasteiger partial charge in [-0.25, -0.2) is 5.43 Å². The van der Waals surface area contributed by atoms with Crippen molar-refractivity contribution in [1.82, 2.24) is 5.43 Å². The summed E-state index contributed by atoms with van der Waals surface area (Å²) in [6.45, 7) is 4.12. The van der Waals surface area contributed by atoms with Crippen LogP contribution in [-0.4, -0.2) is 34.8 Å². The molecule has 2 rings (SSSR count). The molecule has 3 N–H and O–H groups in total. The van der Waals surface area contributed by atoms with Gasteiger partial charge in [-0.15, -0.1) is 0 Å². The van der Waals surface area contributed by atoms with Crippen LogP contribution >= 0.6 is 15.9 Å². The Balaban J connectivity index is 1.98. The highest BCUT2D eigenvalue weighted by Gasteiger charge is 2.18. The Kier molecular flexibility index (Phi) is 7.33. The quantitative estimate of drug-likeness (QED) is 0.321. The van der Waals surface area contributed by atoms with Crippen LogP contribution in [0.3, 0.4) is 0 Å². The van der Waals surface area contributed by atoms with E-state index in [0.717, 1.165) is 17.7 Å². The highest BCUT2D eigenvalue weighted by Crippen LogP contribution is 2.32. The van der Waals surface area contributed by atoms with Crippen molar-refractivity contribution in [2.75, 3.05) is 11.9 Å². The first-order valence-corrected chi connectivity index (χ1v) is 9.10. The predicted octanol–water partition coefficient (Wildman–Crippen LogP) is 3.41. The standard InChI is InChI=1S/C18H19BrN4O5/c1-3-28-15-6-4-14(5-7-15)21-11(2)18(25)22-20-10-12-8-13(19)9-16(17(12)24)23(26)27/h4-11,21,24H,3H2,1-2H3,(H,22,25)/b20-10-/t11-/m1/s1. The smallest absolute Gasteiger partial charge is 0.312 e. The summed E-state index contributed by atoms with van der Waals surface area (Å²) < 4.78 is 5.76. The molecule has 9 nitrogen and oxygen atoms in total. The Bertz CT molecular complexity index is 886. The van der Waals surface area contributed by atoms with Gasteiger partial charge in [-0.1, -0.05) is 15.9 Å². The molecule has 0 radical (unpaired) electrons. The average Bonchev–Trinajstić information content (AvgIpc) is 2.65. The lowest BCUT2D eigenvalue weighted by Crippen LogP contribution is -2.34. The van der Waals surface area contributed by atoms with Crippen molar-refractivity contribution in [2.45, 2.75) is 19.9 Å². The maximum atomic E-state index is 12.1. The zero-order valence-corrected chi connectivity index (χ0v) is 16.8. The van der Waals surface area contributed by atoms with Gasteiger partial charge in [0.25, 0.3) is 5.91 Å². The zero-order valence-electron chi connectivity index (χ0n) is 15.2. The van der Waals surface area contributed by atoms with Gasteiger partial charge < -0.3 is 15.2 Å². The largest absolute Gasteiger partial charge is 0.502 e. The molecule has 0 aromatic heterocycles. The van der Waals surface area contributed by atoms with Crippen molar-refractivity contribution in [3.05, 3.63) is 56.5 Å². The topological polar surface area (TPSA) is 126 Å². The summed E-state index contributed by atoms with van der Waals surface area (Å²) in [5, 5.41) is 27.6. The number of hydrogen-bond donors (Lipinski definition) is 3. The van der Waals surface area contributed by atoms with Crippen molar-refractivity contribution >= 4 is 39.4 Å². The molecule has 0 spiro atoms. The van der Waals surface area contributed by atoms with E-state index in [1.165, 1.54) is 12.1 Å². The fraction of sp³-hybridized carbons (Fsp3) is 0.222. The van der Waals surface area contributed by atoms with E-state index in [-0.39, 0.29) is 5.56 Å². The molecule has 2 aromatic rings. The maximum absolute atomic E-state index is 12.1. The van der Waals surface area contributed by atoms with E-state index in [4.69, 9.17) is 4.74 Å². The second-order valence-electron chi connectivity index (χ2n) is 5.68. The van der Waals surface area contributed by atoms with Gasteiger partial charge in [-0.05, 0) is 44.2 Å². The van der Waals surface area contributed by atoms with Crippen LogP contribution in [0.25, 0.3) is 0 Å². The Morgan fingerprint density at radius 3 is 2.68 bits per heavy atom. The summed E-state index contributed by atoms with van der Waals surface area (Å²) in [7, 11) is 0. The van der Waals surface area contributed by atoms with Crippen LogP contribution in [0.5, 0.6) is 11.5 Å². The van der Waals surface area contributed by atoms with E-state index in [1.807, 2.05) is 6.92 Å². The molecule has 1 amide bonds. The van der Waals surface area contributed by atoms with Crippen molar-refractivity contribution in [2.24, 2.45) is 5.10 Å². The van der Waals surface area contributed by atoms with Gasteiger partial charge in [0.05, 0.1) is 17.7 Å². The first kappa shape index (κ1) is 21.2. The summed E-state index contributed by atoms with van der Waals surface area (Å²) in [5.74, 6) is -0.224. The van der Waals surface area contributed by atoms with Gasteiger partial charge >= 0.3 is 5.69 Å². The fourth-order valence-corrected chi connectivity index (χ4v) is 2.70. The first-order valence-electron chi connectivity index (χ1n) is 8.31. The van der Waals surface area contributed by atoms with Crippen LogP contribution < -0.4 is 15.5 Å². The van der Waals surface area contributed by atoms with Gasteiger partial charge in [0, 0.05) is 21.8 Å². The van der Waals surface area contributed by atoms with Crippen LogP contribution in [0.1, 0.15) is 19.4 Å². The van der Waals surface area contributed by atoms with Crippen molar-refractivity contribution in [3.63, 3.8) is 0 Å². The molecule has 0 aliphatic rings. The molecular weight excluding hydrogens is 432 g/mol. The monoisotopic (exact) mass is 450 g/mol. The third kappa shape index (κ3) is 5.68. The molecule has 0 fully saturated rings. The van der Waals surface area contributed by atoms with Crippen LogP contribution in [0.2, 0.25) is 0 Å². The van der Waals surface area contributed by atoms with Crippen molar-refractivity contribution < 1.29 is 19.6 Å². The molecule has 0 heterocycles. The number of carbonyl (C=O) groups excluding carboxylic acids is 1. The van der Waals surface area contributed by atoms with Gasteiger partial charge in [0.1, 0.15) is 11.8 Å². The summed E-state index contributed by atoms with van der Waals surface area (Å²) in [6, 6.07) is 9.18. The Morgan fingerprint density at radius 2 is 2.07 bits per heavy atom. The number of nitro benzene ring substituents is 1. The van der Waals surface area contributed by atoms with E-state index in [2.05, 4.69) is 31.8 Å². The van der Waals surface area contributed by atoms with E-state index >= 15 is 0 Å². The molecule has 148 valence electrons. The fourth-order valence-electron chi connectivity index (χ4n) is 2.23. The van der Waals surface area contributed by atoms with Crippen LogP contribution in [0.4, 0.5) is 11.4 Å². The number of hydrazone groups is 1. The lowest BCUT2D eigenvalue weighted by atomic mass is 10.2. The van der Waals surface area contributed by atoms with E-state index in [0.29, 0.717) is 11.1 Å². The van der Waals surface area contributed by atoms with Crippen LogP contribution in [0.15, 0.2) is 46.0 Å². The first-order chi connectivity index (χ1) is 13.3. The third-order valence-electron chi connectivity index (χ3n) is 3.60. The Morgan fingerprint density at radius 1 is 1.39 bits per heavy atom. The lowest BCUT2D eigenvalue weighted by molar-refractivity contribution is -0.385. The third-order valence-corrected chi connectivity index (χ3v) is 4.06. The number of nitrogens with zero attached hydrogens (tertiary/aromatic N) is 2. The van der Waals surface area contributed by atoms with Crippen LogP contribution in [-0.2, 0) is 4.79 Å². The number of aromatic hydroxyl groups is 1. The van der Waals surface area contributed by atoms with Crippen molar-refractivity contribution in [1.29, 1.82) is 0 Å². The van der Waals surface area contributed by atoms with Gasteiger partial charge in [-0.2, -0.15) is 5.10 Å². The summed E-state index contributed by atoms with van der Waals surface area (Å²) in [6.07, 6.45) is 1.13. The molecule has 10 heteroatoms. The summed E-state index contributed by atoms with van der Waals surface area (Å²) >= 11 is 3.13. The number of nitrogens with one attached hydrogen (secondary N) is 2. The van der Waals surface area contributed by atoms with E-state index < -0.39 is 28.3 Å². The van der Waals surface area contributed by atoms with Gasteiger partial charge in [0.2, 0.25) is 5.75 Å². The number of phenolic OH excluding ortho intramolecular Hbond substituents is 1. The number of amides is 1. The Hall–Kier alpha value is -3.14. The molecular formula is C18H19BrN4O5. The molecule has 0 aliphatic heterocycles. The number of rotatable bonds is 8. The molecule has 0 saturated carbocycles. The number of ether oxygens (including phenoxy) is 1. The number of benzene rings is 2. The maximum Gasteiger partial charge on any atom is 0.312 e. The van der Waals surface area contributed by atoms with Gasteiger partial charge in [0.15, 0.2) is 0 Å².